The molecule has 100 valence electrons. The van der Waals surface area contributed by atoms with E-state index in [9.17, 15) is 9.59 Å². The van der Waals surface area contributed by atoms with Gasteiger partial charge in [-0.2, -0.15) is 11.8 Å². The lowest BCUT2D eigenvalue weighted by Gasteiger charge is -2.12. The quantitative estimate of drug-likeness (QED) is 0.494. The molecule has 0 aromatic rings. The molecule has 0 saturated carbocycles. The predicted octanol–water partition coefficient (Wildman–Crippen LogP) is 0.987. The van der Waals surface area contributed by atoms with Gasteiger partial charge in [0.15, 0.2) is 6.10 Å². The third-order valence-electron chi connectivity index (χ3n) is 1.92. The molecule has 6 heteroatoms. The van der Waals surface area contributed by atoms with Crippen molar-refractivity contribution in [3.05, 3.63) is 0 Å². The maximum Gasteiger partial charge on any atom is 0.347 e. The summed E-state index contributed by atoms with van der Waals surface area (Å²) < 4.78 is 9.69. The molecule has 0 spiro atoms. The molecule has 0 aromatic carbocycles. The highest BCUT2D eigenvalue weighted by Gasteiger charge is 2.18. The van der Waals surface area contributed by atoms with Crippen LogP contribution in [0.1, 0.15) is 26.2 Å². The zero-order valence-corrected chi connectivity index (χ0v) is 11.1. The lowest BCUT2D eigenvalue weighted by molar-refractivity contribution is -0.166. The first-order valence-corrected chi connectivity index (χ1v) is 6.97. The molecule has 0 fully saturated rings. The number of rotatable bonds is 9. The third kappa shape index (κ3) is 9.00. The Morgan fingerprint density at radius 1 is 1.35 bits per heavy atom. The number of aliphatic hydroxyl groups excluding tert-OH is 1. The van der Waals surface area contributed by atoms with Crippen LogP contribution >= 0.6 is 11.8 Å². The number of aliphatic hydroxyl groups is 1. The molecule has 0 aromatic heterocycles. The molecular formula is C11H20O5S. The van der Waals surface area contributed by atoms with Gasteiger partial charge in [-0.05, 0) is 25.4 Å². The Kier molecular flexibility index (Phi) is 9.95. The van der Waals surface area contributed by atoms with Crippen LogP contribution in [0, 0.1) is 0 Å². The van der Waals surface area contributed by atoms with Crippen molar-refractivity contribution in [1.82, 2.24) is 0 Å². The Hall–Kier alpha value is -0.750. The Bertz CT molecular complexity index is 232. The van der Waals surface area contributed by atoms with E-state index in [-0.39, 0.29) is 19.2 Å². The van der Waals surface area contributed by atoms with Crippen LogP contribution < -0.4 is 0 Å². The SMILES string of the molecule is CSCCCC(=O)OC(C)C(=O)OCCCO. The van der Waals surface area contributed by atoms with E-state index < -0.39 is 12.1 Å². The molecule has 1 N–H and O–H groups in total. The fourth-order valence-corrected chi connectivity index (χ4v) is 1.45. The van der Waals surface area contributed by atoms with Gasteiger partial charge in [0.05, 0.1) is 6.61 Å². The number of hydrogen-bond donors (Lipinski definition) is 1. The molecule has 0 bridgehead atoms. The minimum Gasteiger partial charge on any atom is -0.463 e. The van der Waals surface area contributed by atoms with Gasteiger partial charge < -0.3 is 14.6 Å². The summed E-state index contributed by atoms with van der Waals surface area (Å²) >= 11 is 1.66. The zero-order valence-electron chi connectivity index (χ0n) is 10.3. The van der Waals surface area contributed by atoms with Crippen LogP contribution in [0.3, 0.4) is 0 Å². The summed E-state index contributed by atoms with van der Waals surface area (Å²) in [6.07, 6.45) is 2.53. The Morgan fingerprint density at radius 2 is 2.06 bits per heavy atom. The molecule has 0 saturated heterocycles. The Labute approximate surface area is 106 Å². The number of carbonyl (C=O) groups is 2. The topological polar surface area (TPSA) is 72.8 Å². The lowest BCUT2D eigenvalue weighted by Crippen LogP contribution is -2.26. The van der Waals surface area contributed by atoms with Crippen LogP contribution in [0.2, 0.25) is 0 Å². The van der Waals surface area contributed by atoms with E-state index in [1.54, 1.807) is 11.8 Å². The summed E-state index contributed by atoms with van der Waals surface area (Å²) in [5.74, 6) is -0.0629. The smallest absolute Gasteiger partial charge is 0.347 e. The summed E-state index contributed by atoms with van der Waals surface area (Å²) in [5, 5.41) is 8.51. The monoisotopic (exact) mass is 264 g/mol. The van der Waals surface area contributed by atoms with Crippen molar-refractivity contribution in [2.45, 2.75) is 32.3 Å². The van der Waals surface area contributed by atoms with E-state index in [0.717, 1.165) is 12.2 Å². The zero-order chi connectivity index (χ0) is 13.1. The second kappa shape index (κ2) is 10.4. The first kappa shape index (κ1) is 16.2. The molecule has 5 nitrogen and oxygen atoms in total. The third-order valence-corrected chi connectivity index (χ3v) is 2.61. The average Bonchev–Trinajstić information content (AvgIpc) is 2.29. The highest BCUT2D eigenvalue weighted by Crippen LogP contribution is 2.03. The van der Waals surface area contributed by atoms with Gasteiger partial charge in [0, 0.05) is 19.4 Å². The van der Waals surface area contributed by atoms with Crippen molar-refractivity contribution in [2.75, 3.05) is 25.2 Å². The first-order valence-electron chi connectivity index (χ1n) is 5.57. The van der Waals surface area contributed by atoms with Crippen LogP contribution in [0.15, 0.2) is 0 Å². The molecular weight excluding hydrogens is 244 g/mol. The second-order valence-corrected chi connectivity index (χ2v) is 4.46. The standard InChI is InChI=1S/C11H20O5S/c1-9(11(14)15-7-4-6-12)16-10(13)5-3-8-17-2/h9,12H,3-8H2,1-2H3. The summed E-state index contributed by atoms with van der Waals surface area (Å²) in [4.78, 5) is 22.6. The Morgan fingerprint density at radius 3 is 2.65 bits per heavy atom. The van der Waals surface area contributed by atoms with Crippen LogP contribution in [0.4, 0.5) is 0 Å². The lowest BCUT2D eigenvalue weighted by atomic mass is 10.3. The molecule has 1 atom stereocenters. The van der Waals surface area contributed by atoms with E-state index in [1.807, 2.05) is 6.26 Å². The van der Waals surface area contributed by atoms with Crippen molar-refractivity contribution in [1.29, 1.82) is 0 Å². The van der Waals surface area contributed by atoms with Crippen molar-refractivity contribution >= 4 is 23.7 Å². The van der Waals surface area contributed by atoms with Crippen molar-refractivity contribution < 1.29 is 24.2 Å². The van der Waals surface area contributed by atoms with Gasteiger partial charge in [-0.25, -0.2) is 4.79 Å². The molecule has 0 rings (SSSR count). The van der Waals surface area contributed by atoms with Crippen molar-refractivity contribution in [3.8, 4) is 0 Å². The number of ether oxygens (including phenoxy) is 2. The van der Waals surface area contributed by atoms with Crippen molar-refractivity contribution in [3.63, 3.8) is 0 Å². The minimum atomic E-state index is -0.879. The highest BCUT2D eigenvalue weighted by molar-refractivity contribution is 7.98. The van der Waals surface area contributed by atoms with Gasteiger partial charge in [-0.3, -0.25) is 4.79 Å². The number of esters is 2. The van der Waals surface area contributed by atoms with E-state index in [4.69, 9.17) is 14.6 Å². The predicted molar refractivity (Wildman–Crippen MR) is 65.8 cm³/mol. The molecule has 0 aliphatic carbocycles. The number of hydrogen-bond acceptors (Lipinski definition) is 6. The molecule has 17 heavy (non-hydrogen) atoms. The van der Waals surface area contributed by atoms with Gasteiger partial charge in [0.1, 0.15) is 0 Å². The first-order chi connectivity index (χ1) is 8.11. The highest BCUT2D eigenvalue weighted by atomic mass is 32.2. The largest absolute Gasteiger partial charge is 0.463 e. The van der Waals surface area contributed by atoms with Gasteiger partial charge in [-0.15, -0.1) is 0 Å². The summed E-state index contributed by atoms with van der Waals surface area (Å²) in [6.45, 7) is 1.59. The van der Waals surface area contributed by atoms with E-state index in [1.165, 1.54) is 6.92 Å². The maximum absolute atomic E-state index is 11.3. The fraction of sp³-hybridized carbons (Fsp3) is 0.818. The van der Waals surface area contributed by atoms with Crippen molar-refractivity contribution in [2.24, 2.45) is 0 Å². The van der Waals surface area contributed by atoms with E-state index in [2.05, 4.69) is 0 Å². The minimum absolute atomic E-state index is 0.0316. The van der Waals surface area contributed by atoms with Gasteiger partial charge in [0.2, 0.25) is 0 Å². The number of carbonyl (C=O) groups excluding carboxylic acids is 2. The van der Waals surface area contributed by atoms with E-state index >= 15 is 0 Å². The Balaban J connectivity index is 3.71. The van der Waals surface area contributed by atoms with Gasteiger partial charge in [0.25, 0.3) is 0 Å². The summed E-state index contributed by atoms with van der Waals surface area (Å²) in [5.41, 5.74) is 0. The molecule has 0 aliphatic heterocycles. The summed E-state index contributed by atoms with van der Waals surface area (Å²) in [7, 11) is 0. The molecule has 0 amide bonds. The second-order valence-electron chi connectivity index (χ2n) is 3.47. The van der Waals surface area contributed by atoms with Crippen LogP contribution in [0.5, 0.6) is 0 Å². The molecule has 0 aliphatic rings. The number of thioether (sulfide) groups is 1. The van der Waals surface area contributed by atoms with Gasteiger partial charge >= 0.3 is 11.9 Å². The molecule has 1 unspecified atom stereocenters. The van der Waals surface area contributed by atoms with Gasteiger partial charge in [-0.1, -0.05) is 0 Å². The normalized spacial score (nSPS) is 11.9. The van der Waals surface area contributed by atoms with Crippen LogP contribution in [0.25, 0.3) is 0 Å². The van der Waals surface area contributed by atoms with Crippen LogP contribution in [-0.4, -0.2) is 48.4 Å². The van der Waals surface area contributed by atoms with Crippen LogP contribution in [-0.2, 0) is 19.1 Å². The fourth-order valence-electron chi connectivity index (χ4n) is 1.02. The molecule has 0 heterocycles. The molecule has 0 radical (unpaired) electrons. The van der Waals surface area contributed by atoms with E-state index in [0.29, 0.717) is 12.8 Å². The summed E-state index contributed by atoms with van der Waals surface area (Å²) in [6, 6.07) is 0. The average molecular weight is 264 g/mol. The maximum atomic E-state index is 11.3.